The average molecular weight is 539 g/mol. The first kappa shape index (κ1) is 26.5. The molecule has 0 amide bonds. The van der Waals surface area contributed by atoms with E-state index >= 15 is 0 Å². The second-order valence-corrected chi connectivity index (χ2v) is 10.0. The third-order valence-corrected chi connectivity index (χ3v) is 7.43. The van der Waals surface area contributed by atoms with E-state index in [0.717, 1.165) is 54.1 Å². The van der Waals surface area contributed by atoms with Gasteiger partial charge in [0.05, 0.1) is 24.8 Å². The molecule has 0 aliphatic carbocycles. The van der Waals surface area contributed by atoms with Crippen LogP contribution >= 0.6 is 11.6 Å². The summed E-state index contributed by atoms with van der Waals surface area (Å²) in [6.07, 6.45) is 2.09. The summed E-state index contributed by atoms with van der Waals surface area (Å²) < 4.78 is 28.3. The topological polar surface area (TPSA) is 83.5 Å². The van der Waals surface area contributed by atoms with Gasteiger partial charge in [0.25, 0.3) is 0 Å². The van der Waals surface area contributed by atoms with Crippen LogP contribution in [-0.2, 0) is 31.2 Å². The Bertz CT molecular complexity index is 1220. The molecule has 3 aromatic carbocycles. The zero-order valence-electron chi connectivity index (χ0n) is 21.1. The highest BCUT2D eigenvalue weighted by Gasteiger charge is 2.42. The standard InChI is InChI=1S/C30H31ClO7/c31-29-23(17-37-26-10-6-24(7-11-26)30(19-35-20-30)38-18-28(32)33)2-1-3-27(29)22-4-8-25(9-5-22)36-16-21-12-14-34-15-13-21/h1-11,21H,12-20H2,(H,32,33). The molecule has 0 saturated carbocycles. The SMILES string of the molecule is O=C(O)COC1(c2ccc(OCc3cccc(-c4ccc(OCC5CCOCC5)cc4)c3Cl)cc2)COC1. The Hall–Kier alpha value is -3.10. The fourth-order valence-electron chi connectivity index (χ4n) is 4.61. The van der Waals surface area contributed by atoms with E-state index < -0.39 is 11.6 Å². The van der Waals surface area contributed by atoms with Crippen LogP contribution < -0.4 is 9.47 Å². The van der Waals surface area contributed by atoms with E-state index in [0.29, 0.717) is 43.1 Å². The van der Waals surface area contributed by atoms with Crippen LogP contribution in [0.25, 0.3) is 11.1 Å². The number of carboxylic acids is 1. The van der Waals surface area contributed by atoms with Gasteiger partial charge in [0.15, 0.2) is 0 Å². The molecule has 2 saturated heterocycles. The first-order valence-electron chi connectivity index (χ1n) is 12.8. The van der Waals surface area contributed by atoms with E-state index in [-0.39, 0.29) is 6.61 Å². The molecular formula is C30H31ClO7. The number of hydrogen-bond acceptors (Lipinski definition) is 6. The maximum Gasteiger partial charge on any atom is 0.329 e. The van der Waals surface area contributed by atoms with Crippen molar-refractivity contribution in [3.05, 3.63) is 82.9 Å². The van der Waals surface area contributed by atoms with Gasteiger partial charge in [-0.15, -0.1) is 0 Å². The summed E-state index contributed by atoms with van der Waals surface area (Å²) in [7, 11) is 0. The van der Waals surface area contributed by atoms with E-state index in [1.165, 1.54) is 0 Å². The lowest BCUT2D eigenvalue weighted by atomic mass is 9.91. The number of halogens is 1. The molecule has 2 aliphatic rings. The lowest BCUT2D eigenvalue weighted by Gasteiger charge is -2.41. The third kappa shape index (κ3) is 6.30. The summed E-state index contributed by atoms with van der Waals surface area (Å²) in [5.41, 5.74) is 2.95. The molecule has 7 nitrogen and oxygen atoms in total. The van der Waals surface area contributed by atoms with Crippen LogP contribution in [0.3, 0.4) is 0 Å². The molecule has 2 heterocycles. The number of carboxylic acid groups (broad SMARTS) is 1. The molecule has 8 heteroatoms. The molecule has 0 bridgehead atoms. The van der Waals surface area contributed by atoms with E-state index in [1.54, 1.807) is 0 Å². The highest BCUT2D eigenvalue weighted by atomic mass is 35.5. The van der Waals surface area contributed by atoms with Gasteiger partial charge >= 0.3 is 5.97 Å². The maximum atomic E-state index is 10.9. The molecule has 2 aliphatic heterocycles. The van der Waals surface area contributed by atoms with Crippen molar-refractivity contribution in [2.75, 3.05) is 39.6 Å². The molecule has 38 heavy (non-hydrogen) atoms. The minimum Gasteiger partial charge on any atom is -0.493 e. The molecule has 3 aromatic rings. The van der Waals surface area contributed by atoms with Crippen LogP contribution in [0.15, 0.2) is 66.7 Å². The van der Waals surface area contributed by atoms with Gasteiger partial charge in [-0.1, -0.05) is 54.1 Å². The summed E-state index contributed by atoms with van der Waals surface area (Å²) in [4.78, 5) is 10.9. The normalized spacial score (nSPS) is 17.0. The summed E-state index contributed by atoms with van der Waals surface area (Å²) in [6, 6.07) is 21.4. The van der Waals surface area contributed by atoms with Gasteiger partial charge in [-0.2, -0.15) is 0 Å². The first-order valence-corrected chi connectivity index (χ1v) is 13.2. The number of hydrogen-bond donors (Lipinski definition) is 1. The van der Waals surface area contributed by atoms with Crippen LogP contribution in [0.4, 0.5) is 0 Å². The molecule has 0 spiro atoms. The minimum absolute atomic E-state index is 0.308. The van der Waals surface area contributed by atoms with Crippen LogP contribution in [-0.4, -0.2) is 50.7 Å². The predicted molar refractivity (Wildman–Crippen MR) is 143 cm³/mol. The van der Waals surface area contributed by atoms with Crippen molar-refractivity contribution in [2.24, 2.45) is 5.92 Å². The van der Waals surface area contributed by atoms with Gasteiger partial charge in [0, 0.05) is 24.3 Å². The molecule has 0 atom stereocenters. The molecular weight excluding hydrogens is 508 g/mol. The molecule has 1 N–H and O–H groups in total. The molecule has 0 radical (unpaired) electrons. The lowest BCUT2D eigenvalue weighted by molar-refractivity contribution is -0.220. The van der Waals surface area contributed by atoms with Crippen molar-refractivity contribution < 1.29 is 33.6 Å². The summed E-state index contributed by atoms with van der Waals surface area (Å²) >= 11 is 6.78. The van der Waals surface area contributed by atoms with E-state index in [2.05, 4.69) is 0 Å². The van der Waals surface area contributed by atoms with Crippen molar-refractivity contribution >= 4 is 17.6 Å². The van der Waals surface area contributed by atoms with Gasteiger partial charge in [0.1, 0.15) is 30.3 Å². The zero-order chi connectivity index (χ0) is 26.4. The summed E-state index contributed by atoms with van der Waals surface area (Å²) in [6.45, 7) is 2.93. The van der Waals surface area contributed by atoms with Crippen molar-refractivity contribution in [3.8, 4) is 22.6 Å². The van der Waals surface area contributed by atoms with Crippen LogP contribution in [0.1, 0.15) is 24.0 Å². The maximum absolute atomic E-state index is 10.9. The van der Waals surface area contributed by atoms with Crippen LogP contribution in [0.5, 0.6) is 11.5 Å². The quantitative estimate of drug-likeness (QED) is 0.334. The number of carbonyl (C=O) groups is 1. The van der Waals surface area contributed by atoms with E-state index in [4.69, 9.17) is 40.4 Å². The minimum atomic E-state index is -1.01. The number of benzene rings is 3. The molecule has 5 rings (SSSR count). The van der Waals surface area contributed by atoms with Crippen LogP contribution in [0, 0.1) is 5.92 Å². The molecule has 200 valence electrons. The number of ether oxygens (including phenoxy) is 5. The van der Waals surface area contributed by atoms with Crippen molar-refractivity contribution in [2.45, 2.75) is 25.0 Å². The van der Waals surface area contributed by atoms with Gasteiger partial charge in [-0.05, 0) is 54.2 Å². The van der Waals surface area contributed by atoms with Crippen molar-refractivity contribution in [1.82, 2.24) is 0 Å². The van der Waals surface area contributed by atoms with E-state index in [9.17, 15) is 4.79 Å². The van der Waals surface area contributed by atoms with E-state index in [1.807, 2.05) is 66.7 Å². The van der Waals surface area contributed by atoms with Crippen molar-refractivity contribution in [3.63, 3.8) is 0 Å². The predicted octanol–water partition coefficient (Wildman–Crippen LogP) is 5.72. The van der Waals surface area contributed by atoms with Gasteiger partial charge in [0.2, 0.25) is 0 Å². The lowest BCUT2D eigenvalue weighted by Crippen LogP contribution is -2.49. The van der Waals surface area contributed by atoms with Gasteiger partial charge < -0.3 is 28.8 Å². The Balaban J connectivity index is 1.19. The van der Waals surface area contributed by atoms with Gasteiger partial charge in [-0.25, -0.2) is 4.79 Å². The second-order valence-electron chi connectivity index (χ2n) is 9.65. The Morgan fingerprint density at radius 3 is 2.26 bits per heavy atom. The largest absolute Gasteiger partial charge is 0.493 e. The van der Waals surface area contributed by atoms with Gasteiger partial charge in [-0.3, -0.25) is 0 Å². The molecule has 0 aromatic heterocycles. The Labute approximate surface area is 227 Å². The second kappa shape index (κ2) is 12.2. The molecule has 2 fully saturated rings. The first-order chi connectivity index (χ1) is 18.5. The highest BCUT2D eigenvalue weighted by Crippen LogP contribution is 2.35. The summed E-state index contributed by atoms with van der Waals surface area (Å²) in [5.74, 6) is 1.06. The third-order valence-electron chi connectivity index (χ3n) is 6.99. The monoisotopic (exact) mass is 538 g/mol. The average Bonchev–Trinajstić information content (AvgIpc) is 2.92. The molecule has 0 unspecified atom stereocenters. The zero-order valence-corrected chi connectivity index (χ0v) is 21.8. The Morgan fingerprint density at radius 2 is 1.61 bits per heavy atom. The fraction of sp³-hybridized carbons (Fsp3) is 0.367. The fourth-order valence-corrected chi connectivity index (χ4v) is 4.90. The smallest absolute Gasteiger partial charge is 0.329 e. The number of rotatable bonds is 11. The highest BCUT2D eigenvalue weighted by molar-refractivity contribution is 6.34. The Morgan fingerprint density at radius 1 is 0.921 bits per heavy atom. The van der Waals surface area contributed by atoms with Crippen molar-refractivity contribution in [1.29, 1.82) is 0 Å². The summed E-state index contributed by atoms with van der Waals surface area (Å²) in [5, 5.41) is 9.60. The van der Waals surface area contributed by atoms with Crippen LogP contribution in [0.2, 0.25) is 5.02 Å². The Kier molecular flexibility index (Phi) is 8.49. The number of aliphatic carboxylic acids is 1.